The minimum Gasteiger partial charge on any atom is -0.448 e. The number of carbonyl (C=O) groups is 2. The largest absolute Gasteiger partial charge is 0.448 e. The summed E-state index contributed by atoms with van der Waals surface area (Å²) in [7, 11) is 0. The summed E-state index contributed by atoms with van der Waals surface area (Å²) in [5.41, 5.74) is 0.744. The van der Waals surface area contributed by atoms with Crippen LogP contribution in [-0.4, -0.2) is 29.1 Å². The summed E-state index contributed by atoms with van der Waals surface area (Å²) >= 11 is 1.28. The van der Waals surface area contributed by atoms with E-state index in [0.717, 1.165) is 5.69 Å². The molecule has 2 rings (SSSR count). The Hall–Kier alpha value is -2.34. The number of thiophene rings is 1. The van der Waals surface area contributed by atoms with Crippen LogP contribution in [0.3, 0.4) is 0 Å². The van der Waals surface area contributed by atoms with Crippen LogP contribution in [0.5, 0.6) is 0 Å². The number of nitrogens with zero attached hydrogens (tertiary/aromatic N) is 1. The summed E-state index contributed by atoms with van der Waals surface area (Å²) in [4.78, 5) is 24.3. The van der Waals surface area contributed by atoms with Gasteiger partial charge in [-0.05, 0) is 30.5 Å². The molecular weight excluding hydrogens is 288 g/mol. The van der Waals surface area contributed by atoms with Crippen molar-refractivity contribution in [3.8, 4) is 5.69 Å². The smallest absolute Gasteiger partial charge is 0.351 e. The van der Waals surface area contributed by atoms with Gasteiger partial charge in [0, 0.05) is 18.9 Å². The maximum atomic E-state index is 12.2. The third kappa shape index (κ3) is 3.61. The summed E-state index contributed by atoms with van der Waals surface area (Å²) in [6, 6.07) is 5.58. The van der Waals surface area contributed by atoms with Crippen molar-refractivity contribution in [2.75, 3.05) is 6.54 Å². The van der Waals surface area contributed by atoms with Gasteiger partial charge in [-0.3, -0.25) is 4.79 Å². The molecule has 5 nitrogen and oxygen atoms in total. The Morgan fingerprint density at radius 1 is 1.48 bits per heavy atom. The third-order valence-corrected chi connectivity index (χ3v) is 3.67. The number of esters is 1. The molecule has 0 spiro atoms. The average molecular weight is 304 g/mol. The lowest BCUT2D eigenvalue weighted by Gasteiger charge is -2.13. The van der Waals surface area contributed by atoms with Gasteiger partial charge in [-0.25, -0.2) is 4.79 Å². The van der Waals surface area contributed by atoms with Gasteiger partial charge in [-0.2, -0.15) is 0 Å². The molecule has 0 radical (unpaired) electrons. The van der Waals surface area contributed by atoms with Crippen LogP contribution in [0.1, 0.15) is 16.6 Å². The Labute approximate surface area is 126 Å². The van der Waals surface area contributed by atoms with Gasteiger partial charge in [0.25, 0.3) is 5.91 Å². The molecule has 0 aliphatic heterocycles. The van der Waals surface area contributed by atoms with E-state index in [0.29, 0.717) is 11.4 Å². The van der Waals surface area contributed by atoms with Crippen molar-refractivity contribution in [2.45, 2.75) is 13.0 Å². The highest BCUT2D eigenvalue weighted by Gasteiger charge is 2.21. The Balaban J connectivity index is 2.06. The van der Waals surface area contributed by atoms with Crippen LogP contribution in [0.4, 0.5) is 0 Å². The number of ether oxygens (including phenoxy) is 1. The normalized spacial score (nSPS) is 11.7. The highest BCUT2D eigenvalue weighted by molar-refractivity contribution is 7.12. The lowest BCUT2D eigenvalue weighted by Crippen LogP contribution is -2.35. The zero-order valence-corrected chi connectivity index (χ0v) is 12.4. The molecule has 110 valence electrons. The summed E-state index contributed by atoms with van der Waals surface area (Å²) < 4.78 is 7.03. The SMILES string of the molecule is C=CCNC(=O)C(C)OC(=O)c1sccc1-n1cccc1. The lowest BCUT2D eigenvalue weighted by atomic mass is 10.3. The van der Waals surface area contributed by atoms with Crippen LogP contribution >= 0.6 is 11.3 Å². The molecule has 2 aromatic heterocycles. The second-order valence-corrected chi connectivity index (χ2v) is 5.22. The van der Waals surface area contributed by atoms with E-state index in [9.17, 15) is 9.59 Å². The third-order valence-electron chi connectivity index (χ3n) is 2.79. The minimum absolute atomic E-state index is 0.342. The first-order chi connectivity index (χ1) is 10.1. The minimum atomic E-state index is -0.850. The van der Waals surface area contributed by atoms with Gasteiger partial charge < -0.3 is 14.6 Å². The number of nitrogens with one attached hydrogen (secondary N) is 1. The Bertz CT molecular complexity index is 631. The second kappa shape index (κ2) is 6.90. The van der Waals surface area contributed by atoms with E-state index in [1.54, 1.807) is 13.0 Å². The number of carbonyl (C=O) groups excluding carboxylic acids is 2. The van der Waals surface area contributed by atoms with Crippen molar-refractivity contribution in [3.63, 3.8) is 0 Å². The quantitative estimate of drug-likeness (QED) is 0.658. The Kier molecular flexibility index (Phi) is 4.94. The monoisotopic (exact) mass is 304 g/mol. The first-order valence-corrected chi connectivity index (χ1v) is 7.32. The van der Waals surface area contributed by atoms with E-state index in [2.05, 4.69) is 11.9 Å². The Morgan fingerprint density at radius 3 is 2.86 bits per heavy atom. The molecule has 1 N–H and O–H groups in total. The summed E-state index contributed by atoms with van der Waals surface area (Å²) in [5.74, 6) is -0.850. The molecule has 2 aromatic rings. The van der Waals surface area contributed by atoms with E-state index in [1.165, 1.54) is 11.3 Å². The predicted molar refractivity (Wildman–Crippen MR) is 81.7 cm³/mol. The lowest BCUT2D eigenvalue weighted by molar-refractivity contribution is -0.128. The number of aromatic nitrogens is 1. The molecule has 0 saturated heterocycles. The van der Waals surface area contributed by atoms with Gasteiger partial charge >= 0.3 is 5.97 Å². The molecular formula is C15H16N2O3S. The fourth-order valence-corrected chi connectivity index (χ4v) is 2.51. The maximum Gasteiger partial charge on any atom is 0.351 e. The van der Waals surface area contributed by atoms with E-state index >= 15 is 0 Å². The topological polar surface area (TPSA) is 60.3 Å². The summed E-state index contributed by atoms with van der Waals surface area (Å²) in [6.07, 6.45) is 4.41. The predicted octanol–water partition coefficient (Wildman–Crippen LogP) is 2.39. The highest BCUT2D eigenvalue weighted by Crippen LogP contribution is 2.22. The van der Waals surface area contributed by atoms with Gasteiger partial charge in [0.05, 0.1) is 5.69 Å². The first kappa shape index (κ1) is 15.1. The molecule has 1 amide bonds. The molecule has 6 heteroatoms. The van der Waals surface area contributed by atoms with Crippen LogP contribution in [0.2, 0.25) is 0 Å². The fourth-order valence-electron chi connectivity index (χ4n) is 1.74. The number of hydrogen-bond donors (Lipinski definition) is 1. The maximum absolute atomic E-state index is 12.2. The van der Waals surface area contributed by atoms with Crippen molar-refractivity contribution in [3.05, 3.63) is 53.5 Å². The standard InChI is InChI=1S/C15H16N2O3S/c1-3-7-16-14(18)11(2)20-15(19)13-12(6-10-21-13)17-8-4-5-9-17/h3-6,8-11H,1,7H2,2H3,(H,16,18). The number of rotatable bonds is 6. The molecule has 0 saturated carbocycles. The summed E-state index contributed by atoms with van der Waals surface area (Å²) in [5, 5.41) is 4.40. The van der Waals surface area contributed by atoms with Gasteiger partial charge in [0.2, 0.25) is 0 Å². The van der Waals surface area contributed by atoms with Crippen LogP contribution in [-0.2, 0) is 9.53 Å². The number of hydrogen-bond acceptors (Lipinski definition) is 4. The molecule has 0 aromatic carbocycles. The molecule has 2 heterocycles. The van der Waals surface area contributed by atoms with E-state index in [-0.39, 0.29) is 5.91 Å². The van der Waals surface area contributed by atoms with Gasteiger partial charge in [0.1, 0.15) is 4.88 Å². The highest BCUT2D eigenvalue weighted by atomic mass is 32.1. The van der Waals surface area contributed by atoms with Crippen molar-refractivity contribution in [1.82, 2.24) is 9.88 Å². The Morgan fingerprint density at radius 2 is 2.19 bits per heavy atom. The molecule has 21 heavy (non-hydrogen) atoms. The van der Waals surface area contributed by atoms with Crippen molar-refractivity contribution < 1.29 is 14.3 Å². The van der Waals surface area contributed by atoms with Crippen molar-refractivity contribution >= 4 is 23.2 Å². The average Bonchev–Trinajstić information content (AvgIpc) is 3.13. The van der Waals surface area contributed by atoms with Crippen LogP contribution in [0, 0.1) is 0 Å². The second-order valence-electron chi connectivity index (χ2n) is 4.31. The number of amides is 1. The van der Waals surface area contributed by atoms with Gasteiger partial charge in [-0.15, -0.1) is 17.9 Å². The first-order valence-electron chi connectivity index (χ1n) is 6.44. The zero-order valence-electron chi connectivity index (χ0n) is 11.6. The van der Waals surface area contributed by atoms with E-state index < -0.39 is 12.1 Å². The zero-order chi connectivity index (χ0) is 15.2. The van der Waals surface area contributed by atoms with Gasteiger partial charge in [0.15, 0.2) is 6.10 Å². The van der Waals surface area contributed by atoms with E-state index in [4.69, 9.17) is 4.74 Å². The molecule has 0 bridgehead atoms. The van der Waals surface area contributed by atoms with Crippen LogP contribution in [0.25, 0.3) is 5.69 Å². The van der Waals surface area contributed by atoms with Crippen LogP contribution in [0.15, 0.2) is 48.6 Å². The van der Waals surface area contributed by atoms with Crippen molar-refractivity contribution in [2.24, 2.45) is 0 Å². The van der Waals surface area contributed by atoms with Gasteiger partial charge in [-0.1, -0.05) is 6.08 Å². The molecule has 0 aliphatic carbocycles. The summed E-state index contributed by atoms with van der Waals surface area (Å²) in [6.45, 7) is 5.39. The molecule has 0 fully saturated rings. The molecule has 1 atom stereocenters. The molecule has 1 unspecified atom stereocenters. The van der Waals surface area contributed by atoms with E-state index in [1.807, 2.05) is 40.5 Å². The van der Waals surface area contributed by atoms with Crippen molar-refractivity contribution in [1.29, 1.82) is 0 Å². The fraction of sp³-hybridized carbons (Fsp3) is 0.200. The van der Waals surface area contributed by atoms with Crippen LogP contribution < -0.4 is 5.32 Å². The molecule has 0 aliphatic rings.